The van der Waals surface area contributed by atoms with Gasteiger partial charge in [0.15, 0.2) is 0 Å². The summed E-state index contributed by atoms with van der Waals surface area (Å²) in [5.41, 5.74) is 0. The highest BCUT2D eigenvalue weighted by Crippen LogP contribution is 2.33. The number of hydrogen-bond acceptors (Lipinski definition) is 4. The number of amides is 3. The molecule has 0 bridgehead atoms. The van der Waals surface area contributed by atoms with Crippen molar-refractivity contribution in [3.05, 3.63) is 0 Å². The predicted octanol–water partition coefficient (Wildman–Crippen LogP) is 2.55. The Morgan fingerprint density at radius 1 is 0.885 bits per heavy atom. The highest BCUT2D eigenvalue weighted by atomic mass is 16.3. The topological polar surface area (TPSA) is 81.7 Å². The number of piperidine rings is 1. The molecule has 0 unspecified atom stereocenters. The molecule has 0 aromatic rings. The number of nitrogens with zero attached hydrogens (tertiary/aromatic N) is 1. The summed E-state index contributed by atoms with van der Waals surface area (Å²) >= 11 is 0. The molecule has 2 aliphatic carbocycles. The lowest BCUT2D eigenvalue weighted by atomic mass is 9.78. The van der Waals surface area contributed by atoms with Crippen LogP contribution < -0.4 is 10.6 Å². The number of imide groups is 1. The molecule has 0 spiro atoms. The van der Waals surface area contributed by atoms with Gasteiger partial charge in [-0.2, -0.15) is 0 Å². The van der Waals surface area contributed by atoms with E-state index in [1.807, 2.05) is 0 Å². The average Bonchev–Trinajstić information content (AvgIpc) is 2.63. The zero-order valence-electron chi connectivity index (χ0n) is 15.9. The molecule has 1 aliphatic heterocycles. The van der Waals surface area contributed by atoms with Gasteiger partial charge < -0.3 is 10.4 Å². The maximum absolute atomic E-state index is 12.4. The van der Waals surface area contributed by atoms with Gasteiger partial charge in [0.1, 0.15) is 0 Å². The van der Waals surface area contributed by atoms with Crippen molar-refractivity contribution in [3.63, 3.8) is 0 Å². The number of urea groups is 1. The lowest BCUT2D eigenvalue weighted by Gasteiger charge is -2.43. The molecular weight excluding hydrogens is 330 g/mol. The minimum absolute atomic E-state index is 0.205. The summed E-state index contributed by atoms with van der Waals surface area (Å²) in [5.74, 6) is 0.0448. The van der Waals surface area contributed by atoms with Crippen molar-refractivity contribution >= 4 is 11.9 Å². The molecule has 2 saturated carbocycles. The quantitative estimate of drug-likeness (QED) is 0.715. The smallest absolute Gasteiger partial charge is 0.321 e. The summed E-state index contributed by atoms with van der Waals surface area (Å²) in [5, 5.41) is 15.9. The van der Waals surface area contributed by atoms with Crippen LogP contribution in [0, 0.1) is 5.92 Å². The molecule has 3 N–H and O–H groups in total. The molecule has 1 heterocycles. The van der Waals surface area contributed by atoms with Crippen LogP contribution in [0.2, 0.25) is 0 Å². The van der Waals surface area contributed by atoms with E-state index in [0.717, 1.165) is 70.8 Å². The van der Waals surface area contributed by atoms with Gasteiger partial charge in [0.05, 0.1) is 12.6 Å². The molecule has 0 radical (unpaired) electrons. The van der Waals surface area contributed by atoms with Gasteiger partial charge in [-0.05, 0) is 45.1 Å². The van der Waals surface area contributed by atoms with Crippen LogP contribution in [0.25, 0.3) is 0 Å². The maximum atomic E-state index is 12.4. The molecule has 6 nitrogen and oxygen atoms in total. The van der Waals surface area contributed by atoms with E-state index < -0.39 is 0 Å². The first-order valence-electron chi connectivity index (χ1n) is 10.7. The second kappa shape index (κ2) is 9.70. The van der Waals surface area contributed by atoms with Gasteiger partial charge in [-0.25, -0.2) is 4.79 Å². The van der Waals surface area contributed by atoms with Gasteiger partial charge in [-0.3, -0.25) is 15.0 Å². The molecule has 3 atom stereocenters. The van der Waals surface area contributed by atoms with E-state index in [9.17, 15) is 14.7 Å². The molecule has 26 heavy (non-hydrogen) atoms. The van der Waals surface area contributed by atoms with E-state index in [0.29, 0.717) is 0 Å². The average molecular weight is 366 g/mol. The highest BCUT2D eigenvalue weighted by Gasteiger charge is 2.36. The summed E-state index contributed by atoms with van der Waals surface area (Å²) in [6, 6.07) is 0.121. The second-order valence-corrected chi connectivity index (χ2v) is 8.41. The molecule has 1 saturated heterocycles. The van der Waals surface area contributed by atoms with Crippen molar-refractivity contribution in [2.75, 3.05) is 13.1 Å². The number of hydrogen-bond donors (Lipinski definition) is 3. The van der Waals surface area contributed by atoms with Crippen LogP contribution in [0.15, 0.2) is 0 Å². The third kappa shape index (κ3) is 5.43. The molecule has 3 fully saturated rings. The van der Waals surface area contributed by atoms with Crippen LogP contribution in [-0.4, -0.2) is 53.2 Å². The van der Waals surface area contributed by atoms with Crippen LogP contribution in [0.5, 0.6) is 0 Å². The Balaban J connectivity index is 1.48. The van der Waals surface area contributed by atoms with Crippen molar-refractivity contribution in [3.8, 4) is 0 Å². The molecule has 3 aliphatic rings. The third-order valence-corrected chi connectivity index (χ3v) is 6.48. The largest absolute Gasteiger partial charge is 0.393 e. The van der Waals surface area contributed by atoms with E-state index in [2.05, 4.69) is 15.5 Å². The second-order valence-electron chi connectivity index (χ2n) is 8.41. The lowest BCUT2D eigenvalue weighted by Crippen LogP contribution is -2.53. The number of aliphatic hydroxyl groups excluding tert-OH is 1. The monoisotopic (exact) mass is 365 g/mol. The fourth-order valence-electron chi connectivity index (χ4n) is 5.11. The Morgan fingerprint density at radius 2 is 1.58 bits per heavy atom. The van der Waals surface area contributed by atoms with E-state index in [1.165, 1.54) is 12.8 Å². The molecule has 0 aromatic carbocycles. The first-order chi connectivity index (χ1) is 12.6. The summed E-state index contributed by atoms with van der Waals surface area (Å²) in [7, 11) is 0. The number of nitrogens with one attached hydrogen (secondary N) is 2. The molecule has 6 heteroatoms. The standard InChI is InChI=1S/C20H35N3O3/c24-18-12-5-4-10-16(18)17-11-6-7-13-23(17)14-19(25)22-20(26)21-15-8-2-1-3-9-15/h15-18,24H,1-14H2,(H2,21,22,25,26)/t16-,17-,18-/m1/s1. The van der Waals surface area contributed by atoms with Crippen molar-refractivity contribution in [1.29, 1.82) is 0 Å². The fourth-order valence-corrected chi connectivity index (χ4v) is 5.11. The van der Waals surface area contributed by atoms with Crippen molar-refractivity contribution in [2.24, 2.45) is 5.92 Å². The zero-order valence-corrected chi connectivity index (χ0v) is 15.9. The van der Waals surface area contributed by atoms with Gasteiger partial charge in [-0.15, -0.1) is 0 Å². The van der Waals surface area contributed by atoms with Crippen LogP contribution in [0.4, 0.5) is 4.79 Å². The van der Waals surface area contributed by atoms with E-state index in [-0.39, 0.29) is 42.6 Å². The Morgan fingerprint density at radius 3 is 2.35 bits per heavy atom. The first-order valence-corrected chi connectivity index (χ1v) is 10.7. The Labute approximate surface area is 157 Å². The summed E-state index contributed by atoms with van der Waals surface area (Å²) in [6.45, 7) is 1.14. The Kier molecular flexibility index (Phi) is 7.32. The van der Waals surface area contributed by atoms with Crippen molar-refractivity contribution < 1.29 is 14.7 Å². The normalized spacial score (nSPS) is 31.3. The number of rotatable bonds is 4. The van der Waals surface area contributed by atoms with E-state index in [1.54, 1.807) is 0 Å². The van der Waals surface area contributed by atoms with Crippen LogP contribution in [0.1, 0.15) is 77.0 Å². The highest BCUT2D eigenvalue weighted by molar-refractivity contribution is 5.95. The number of carbonyl (C=O) groups excluding carboxylic acids is 2. The molecular formula is C20H35N3O3. The maximum Gasteiger partial charge on any atom is 0.321 e. The van der Waals surface area contributed by atoms with Crippen LogP contribution in [0.3, 0.4) is 0 Å². The van der Waals surface area contributed by atoms with Gasteiger partial charge in [0.25, 0.3) is 0 Å². The lowest BCUT2D eigenvalue weighted by molar-refractivity contribution is -0.123. The summed E-state index contributed by atoms with van der Waals surface area (Å²) < 4.78 is 0. The molecule has 3 rings (SSSR count). The van der Waals surface area contributed by atoms with E-state index in [4.69, 9.17) is 0 Å². The molecule has 3 amide bonds. The summed E-state index contributed by atoms with van der Waals surface area (Å²) in [6.07, 6.45) is 12.8. The van der Waals surface area contributed by atoms with Gasteiger partial charge in [0, 0.05) is 18.0 Å². The predicted molar refractivity (Wildman–Crippen MR) is 101 cm³/mol. The fraction of sp³-hybridized carbons (Fsp3) is 0.900. The van der Waals surface area contributed by atoms with Crippen molar-refractivity contribution in [2.45, 2.75) is 95.2 Å². The van der Waals surface area contributed by atoms with Gasteiger partial charge in [-0.1, -0.05) is 38.5 Å². The Bertz CT molecular complexity index is 479. The van der Waals surface area contributed by atoms with E-state index >= 15 is 0 Å². The SMILES string of the molecule is O=C(CN1CCCC[C@@H]1[C@H]1CCCC[C@H]1O)NC(=O)NC1CCCCC1. The Hall–Kier alpha value is -1.14. The zero-order chi connectivity index (χ0) is 18.4. The van der Waals surface area contributed by atoms with Gasteiger partial charge >= 0.3 is 6.03 Å². The first kappa shape index (κ1) is 19.6. The minimum atomic E-state index is -0.354. The van der Waals surface area contributed by atoms with Crippen LogP contribution in [-0.2, 0) is 4.79 Å². The molecule has 0 aromatic heterocycles. The summed E-state index contributed by atoms with van der Waals surface area (Å²) in [4.78, 5) is 26.7. The number of aliphatic hydroxyl groups is 1. The number of likely N-dealkylation sites (tertiary alicyclic amines) is 1. The molecule has 148 valence electrons. The number of carbonyl (C=O) groups is 2. The van der Waals surface area contributed by atoms with Gasteiger partial charge in [0.2, 0.25) is 5.91 Å². The van der Waals surface area contributed by atoms with Crippen molar-refractivity contribution in [1.82, 2.24) is 15.5 Å². The van der Waals surface area contributed by atoms with Crippen LogP contribution >= 0.6 is 0 Å². The third-order valence-electron chi connectivity index (χ3n) is 6.48. The minimum Gasteiger partial charge on any atom is -0.393 e.